The van der Waals surface area contributed by atoms with Gasteiger partial charge in [0, 0.05) is 32.1 Å². The normalized spacial score (nSPS) is 17.3. The molecule has 1 saturated heterocycles. The van der Waals surface area contributed by atoms with Crippen LogP contribution in [0.3, 0.4) is 0 Å². The second kappa shape index (κ2) is 18.7. The van der Waals surface area contributed by atoms with Crippen LogP contribution in [0.5, 0.6) is 0 Å². The maximum atomic E-state index is 14.1. The van der Waals surface area contributed by atoms with Crippen molar-refractivity contribution in [1.82, 2.24) is 24.9 Å². The molecule has 4 N–H and O–H groups in total. The molecule has 0 radical (unpaired) electrons. The van der Waals surface area contributed by atoms with Crippen LogP contribution in [0.15, 0.2) is 60.7 Å². The third-order valence-corrected chi connectivity index (χ3v) is 8.38. The zero-order chi connectivity index (χ0) is 34.3. The van der Waals surface area contributed by atoms with Gasteiger partial charge in [-0.1, -0.05) is 60.7 Å². The largest absolute Gasteiger partial charge is 0.356 e. The first-order valence-corrected chi connectivity index (χ1v) is 16.3. The van der Waals surface area contributed by atoms with Crippen molar-refractivity contribution in [3.63, 3.8) is 0 Å². The van der Waals surface area contributed by atoms with Crippen LogP contribution < -0.4 is 11.1 Å². The van der Waals surface area contributed by atoms with Crippen LogP contribution in [0.1, 0.15) is 69.7 Å². The highest BCUT2D eigenvalue weighted by Gasteiger charge is 2.31. The highest BCUT2D eigenvalue weighted by molar-refractivity contribution is 5.90. The SMILES string of the molecule is CC(=O)CN(CC(=O)N1CCCC(=O)NCCCCN(CC([NH3+])=O)C(=O)CN(C(C)c2ccccc2)C(=O)C1)C(C)c1ccccc1. The van der Waals surface area contributed by atoms with Crippen molar-refractivity contribution >= 4 is 35.3 Å². The third-order valence-electron chi connectivity index (χ3n) is 8.38. The molecule has 254 valence electrons. The number of amides is 5. The Morgan fingerprint density at radius 2 is 1.47 bits per heavy atom. The van der Waals surface area contributed by atoms with Gasteiger partial charge in [0.25, 0.3) is 0 Å². The van der Waals surface area contributed by atoms with Crippen LogP contribution in [-0.4, -0.2) is 107 Å². The Labute approximate surface area is 277 Å². The lowest BCUT2D eigenvalue weighted by atomic mass is 10.1. The first-order valence-electron chi connectivity index (χ1n) is 16.3. The summed E-state index contributed by atoms with van der Waals surface area (Å²) in [6.07, 6.45) is 1.65. The molecule has 3 rings (SSSR count). The van der Waals surface area contributed by atoms with Gasteiger partial charge in [0.15, 0.2) is 0 Å². The van der Waals surface area contributed by atoms with E-state index in [2.05, 4.69) is 11.1 Å². The molecule has 2 unspecified atom stereocenters. The van der Waals surface area contributed by atoms with E-state index < -0.39 is 23.8 Å². The van der Waals surface area contributed by atoms with E-state index in [1.807, 2.05) is 74.5 Å². The molecule has 12 nitrogen and oxygen atoms in total. The van der Waals surface area contributed by atoms with E-state index in [4.69, 9.17) is 0 Å². The fourth-order valence-corrected chi connectivity index (χ4v) is 5.66. The van der Waals surface area contributed by atoms with Gasteiger partial charge in [0.2, 0.25) is 23.6 Å². The zero-order valence-electron chi connectivity index (χ0n) is 27.9. The summed E-state index contributed by atoms with van der Waals surface area (Å²) in [5.74, 6) is -1.93. The zero-order valence-corrected chi connectivity index (χ0v) is 27.9. The highest BCUT2D eigenvalue weighted by atomic mass is 16.2. The van der Waals surface area contributed by atoms with E-state index in [-0.39, 0.29) is 75.9 Å². The minimum Gasteiger partial charge on any atom is -0.356 e. The molecule has 0 spiro atoms. The lowest BCUT2D eigenvalue weighted by molar-refractivity contribution is -0.306. The van der Waals surface area contributed by atoms with Crippen molar-refractivity contribution in [2.75, 3.05) is 52.4 Å². The standard InChI is InChI=1S/C35H48N6O6/c1-26(42)21-40(27(2)29-13-6-4-7-14-29)23-33(45)39-20-12-17-32(44)37-18-10-11-19-38(22-31(36)43)34(46)25-41(35(47)24-39)28(3)30-15-8-5-9-16-30/h4-9,13-16,27-28H,10-12,17-25H2,1-3H3,(H2,36,43)(H,37,44)/p+1. The third kappa shape index (κ3) is 12.0. The van der Waals surface area contributed by atoms with Crippen molar-refractivity contribution in [2.45, 2.75) is 58.5 Å². The summed E-state index contributed by atoms with van der Waals surface area (Å²) in [6.45, 7) is 5.14. The molecule has 1 heterocycles. The van der Waals surface area contributed by atoms with Gasteiger partial charge in [-0.15, -0.1) is 0 Å². The molecule has 1 fully saturated rings. The Morgan fingerprint density at radius 3 is 2.09 bits per heavy atom. The Hall–Kier alpha value is -4.42. The summed E-state index contributed by atoms with van der Waals surface area (Å²) in [7, 11) is 0. The van der Waals surface area contributed by atoms with Gasteiger partial charge < -0.3 is 20.0 Å². The van der Waals surface area contributed by atoms with Crippen molar-refractivity contribution in [2.24, 2.45) is 0 Å². The second-order valence-corrected chi connectivity index (χ2v) is 12.1. The maximum absolute atomic E-state index is 14.1. The monoisotopic (exact) mass is 649 g/mol. The molecule has 1 aliphatic heterocycles. The summed E-state index contributed by atoms with van der Waals surface area (Å²) in [4.78, 5) is 84.5. The fraction of sp³-hybridized carbons (Fsp3) is 0.486. The molecule has 47 heavy (non-hydrogen) atoms. The maximum Gasteiger partial charge on any atom is 0.328 e. The minimum atomic E-state index is -0.515. The first-order chi connectivity index (χ1) is 22.5. The number of nitrogens with zero attached hydrogens (tertiary/aromatic N) is 4. The fourth-order valence-electron chi connectivity index (χ4n) is 5.66. The molecule has 0 aromatic heterocycles. The summed E-state index contributed by atoms with van der Waals surface area (Å²) in [5.41, 5.74) is 5.18. The average Bonchev–Trinajstić information content (AvgIpc) is 3.04. The number of hydrogen-bond donors (Lipinski definition) is 2. The van der Waals surface area contributed by atoms with Crippen molar-refractivity contribution in [1.29, 1.82) is 0 Å². The quantitative estimate of drug-likeness (QED) is 0.394. The van der Waals surface area contributed by atoms with Crippen molar-refractivity contribution in [3.05, 3.63) is 71.8 Å². The topological polar surface area (TPSA) is 155 Å². The molecular formula is C35H49N6O6+. The number of quaternary nitrogens is 1. The molecule has 2 aromatic rings. The summed E-state index contributed by atoms with van der Waals surface area (Å²) in [5, 5.41) is 2.87. The van der Waals surface area contributed by atoms with Crippen LogP contribution in [-0.2, 0) is 28.8 Å². The molecule has 5 amide bonds. The number of benzene rings is 2. The van der Waals surface area contributed by atoms with Gasteiger partial charge in [-0.05, 0) is 51.2 Å². The molecule has 2 aromatic carbocycles. The number of ketones is 1. The smallest absolute Gasteiger partial charge is 0.328 e. The second-order valence-electron chi connectivity index (χ2n) is 12.1. The molecule has 12 heteroatoms. The van der Waals surface area contributed by atoms with Crippen LogP contribution in [0.2, 0.25) is 0 Å². The number of hydrogen-bond acceptors (Lipinski definition) is 7. The Morgan fingerprint density at radius 1 is 0.830 bits per heavy atom. The van der Waals surface area contributed by atoms with Gasteiger partial charge in [-0.25, -0.2) is 4.79 Å². The van der Waals surface area contributed by atoms with Gasteiger partial charge in [-0.2, -0.15) is 0 Å². The molecular weight excluding hydrogens is 600 g/mol. The van der Waals surface area contributed by atoms with Crippen LogP contribution in [0.25, 0.3) is 0 Å². The Balaban J connectivity index is 1.94. The lowest BCUT2D eigenvalue weighted by Crippen LogP contribution is -2.62. The summed E-state index contributed by atoms with van der Waals surface area (Å²) in [6, 6.07) is 18.1. The summed E-state index contributed by atoms with van der Waals surface area (Å²) < 4.78 is 0. The van der Waals surface area contributed by atoms with Crippen LogP contribution in [0.4, 0.5) is 0 Å². The minimum absolute atomic E-state index is 0.0402. The summed E-state index contributed by atoms with van der Waals surface area (Å²) >= 11 is 0. The van der Waals surface area contributed by atoms with E-state index in [9.17, 15) is 28.8 Å². The van der Waals surface area contributed by atoms with E-state index in [0.29, 0.717) is 25.8 Å². The molecule has 0 saturated carbocycles. The predicted molar refractivity (Wildman–Crippen MR) is 176 cm³/mol. The van der Waals surface area contributed by atoms with E-state index >= 15 is 0 Å². The number of rotatable bonds is 10. The lowest BCUT2D eigenvalue weighted by Gasteiger charge is -2.34. The number of carbonyl (C=O) groups is 6. The highest BCUT2D eigenvalue weighted by Crippen LogP contribution is 2.22. The average molecular weight is 650 g/mol. The predicted octanol–water partition coefficient (Wildman–Crippen LogP) is 1.34. The number of carbonyl (C=O) groups excluding carboxylic acids is 6. The van der Waals surface area contributed by atoms with Crippen molar-refractivity contribution < 1.29 is 34.5 Å². The van der Waals surface area contributed by atoms with Crippen LogP contribution in [0, 0.1) is 0 Å². The number of Topliss-reactive ketones (excluding diaryl/α,β-unsaturated/α-hetero) is 1. The van der Waals surface area contributed by atoms with Gasteiger partial charge in [0.05, 0.1) is 25.7 Å². The van der Waals surface area contributed by atoms with Crippen molar-refractivity contribution in [3.8, 4) is 0 Å². The molecule has 0 aliphatic carbocycles. The molecule has 1 aliphatic rings. The van der Waals surface area contributed by atoms with Gasteiger partial charge in [0.1, 0.15) is 18.9 Å². The van der Waals surface area contributed by atoms with E-state index in [0.717, 1.165) is 11.1 Å². The van der Waals surface area contributed by atoms with Gasteiger partial charge in [-0.3, -0.25) is 34.6 Å². The number of nitrogens with one attached hydrogen (secondary N) is 1. The first kappa shape index (κ1) is 37.0. The van der Waals surface area contributed by atoms with Gasteiger partial charge >= 0.3 is 5.91 Å². The Bertz CT molecular complexity index is 1370. The van der Waals surface area contributed by atoms with E-state index in [1.54, 1.807) is 4.90 Å². The molecule has 0 bridgehead atoms. The van der Waals surface area contributed by atoms with E-state index in [1.165, 1.54) is 21.6 Å². The molecule has 2 atom stereocenters. The van der Waals surface area contributed by atoms with Crippen LogP contribution >= 0.6 is 0 Å². The Kier molecular flexibility index (Phi) is 14.7.